The quantitative estimate of drug-likeness (QED) is 0.743. The minimum Gasteiger partial charge on any atom is -0.337 e. The van der Waals surface area contributed by atoms with E-state index < -0.39 is 16.1 Å². The summed E-state index contributed by atoms with van der Waals surface area (Å²) in [5.41, 5.74) is 1.26. The summed E-state index contributed by atoms with van der Waals surface area (Å²) in [5.74, 6) is 0. The Morgan fingerprint density at radius 1 is 1.39 bits per heavy atom. The molecule has 0 fully saturated rings. The van der Waals surface area contributed by atoms with Gasteiger partial charge in [0.25, 0.3) is 0 Å². The van der Waals surface area contributed by atoms with Crippen LogP contribution in [0.15, 0.2) is 30.6 Å². The van der Waals surface area contributed by atoms with Crippen LogP contribution in [0.25, 0.3) is 5.69 Å². The van der Waals surface area contributed by atoms with Crippen molar-refractivity contribution < 1.29 is 13.2 Å². The highest BCUT2D eigenvalue weighted by atomic mass is 32.2. The third-order valence-corrected chi connectivity index (χ3v) is 4.31. The van der Waals surface area contributed by atoms with Crippen LogP contribution >= 0.6 is 0 Å². The van der Waals surface area contributed by atoms with Crippen LogP contribution in [-0.2, 0) is 10.0 Å². The van der Waals surface area contributed by atoms with Crippen LogP contribution in [0.4, 0.5) is 10.5 Å². The summed E-state index contributed by atoms with van der Waals surface area (Å²) in [5, 5.41) is 16.1. The van der Waals surface area contributed by atoms with E-state index in [-0.39, 0.29) is 13.1 Å². The summed E-state index contributed by atoms with van der Waals surface area (Å²) >= 11 is 0. The summed E-state index contributed by atoms with van der Waals surface area (Å²) in [4.78, 5) is 11.8. The highest BCUT2D eigenvalue weighted by Gasteiger charge is 2.10. The number of carbonyl (C=O) groups is 1. The molecule has 1 aromatic carbocycles. The van der Waals surface area contributed by atoms with Gasteiger partial charge in [-0.25, -0.2) is 22.2 Å². The average Bonchev–Trinajstić information content (AvgIpc) is 3.00. The fourth-order valence-electron chi connectivity index (χ4n) is 1.67. The van der Waals surface area contributed by atoms with Crippen LogP contribution in [0.5, 0.6) is 0 Å². The predicted octanol–water partition coefficient (Wildman–Crippen LogP) is -0.325. The van der Waals surface area contributed by atoms with E-state index in [0.29, 0.717) is 11.4 Å². The van der Waals surface area contributed by atoms with Crippen LogP contribution in [0.1, 0.15) is 0 Å². The van der Waals surface area contributed by atoms with Gasteiger partial charge in [-0.15, -0.1) is 5.10 Å². The molecule has 0 radical (unpaired) electrons. The number of carbonyl (C=O) groups excluding carboxylic acids is 1. The molecule has 2 N–H and O–H groups in total. The Balaban J connectivity index is 1.87. The highest BCUT2D eigenvalue weighted by molar-refractivity contribution is 7.88. The van der Waals surface area contributed by atoms with Gasteiger partial charge in [-0.1, -0.05) is 6.07 Å². The molecule has 1 aromatic heterocycles. The van der Waals surface area contributed by atoms with E-state index in [4.69, 9.17) is 0 Å². The van der Waals surface area contributed by atoms with Gasteiger partial charge < -0.3 is 10.6 Å². The Morgan fingerprint density at radius 2 is 2.17 bits per heavy atom. The summed E-state index contributed by atoms with van der Waals surface area (Å²) < 4.78 is 25.1. The lowest BCUT2D eigenvalue weighted by molar-refractivity contribution is 0.251. The molecule has 0 spiro atoms. The van der Waals surface area contributed by atoms with E-state index in [2.05, 4.69) is 26.2 Å². The molecule has 0 aliphatic rings. The van der Waals surface area contributed by atoms with Gasteiger partial charge in [-0.05, 0) is 28.6 Å². The minimum absolute atomic E-state index is 0.191. The summed E-state index contributed by atoms with van der Waals surface area (Å²) in [6.45, 7) is 0.388. The van der Waals surface area contributed by atoms with Gasteiger partial charge in [0.1, 0.15) is 6.33 Å². The maximum atomic E-state index is 11.8. The monoisotopic (exact) mass is 339 g/mol. The molecular formula is C12H17N7O3S. The van der Waals surface area contributed by atoms with Crippen molar-refractivity contribution in [2.24, 2.45) is 0 Å². The number of nitrogens with zero attached hydrogens (tertiary/aromatic N) is 5. The molecule has 124 valence electrons. The Labute approximate surface area is 133 Å². The largest absolute Gasteiger partial charge is 0.337 e. The molecule has 23 heavy (non-hydrogen) atoms. The average molecular weight is 339 g/mol. The lowest BCUT2D eigenvalue weighted by atomic mass is 10.3. The molecule has 0 bridgehead atoms. The number of rotatable bonds is 6. The fourth-order valence-corrected chi connectivity index (χ4v) is 2.10. The molecule has 10 nitrogen and oxygen atoms in total. The molecule has 2 aromatic rings. The van der Waals surface area contributed by atoms with Gasteiger partial charge in [0.15, 0.2) is 0 Å². The van der Waals surface area contributed by atoms with Gasteiger partial charge in [0, 0.05) is 25.8 Å². The second-order valence-corrected chi connectivity index (χ2v) is 6.86. The van der Waals surface area contributed by atoms with Crippen molar-refractivity contribution in [1.29, 1.82) is 0 Å². The van der Waals surface area contributed by atoms with Gasteiger partial charge in [0.05, 0.1) is 11.9 Å². The molecule has 2 amide bonds. The number of likely N-dealkylation sites (N-methyl/N-ethyl adjacent to an activating group) is 1. The van der Waals surface area contributed by atoms with E-state index in [0.717, 1.165) is 10.6 Å². The first-order valence-corrected chi connectivity index (χ1v) is 8.50. The Morgan fingerprint density at radius 3 is 2.83 bits per heavy atom. The Kier molecular flexibility index (Phi) is 5.24. The Hall–Kier alpha value is -2.53. The number of aromatic nitrogens is 4. The van der Waals surface area contributed by atoms with Gasteiger partial charge in [-0.2, -0.15) is 0 Å². The summed E-state index contributed by atoms with van der Waals surface area (Å²) in [7, 11) is -1.80. The third-order valence-electron chi connectivity index (χ3n) is 3.00. The lowest BCUT2D eigenvalue weighted by Crippen LogP contribution is -2.37. The van der Waals surface area contributed by atoms with Gasteiger partial charge >= 0.3 is 6.03 Å². The van der Waals surface area contributed by atoms with E-state index >= 15 is 0 Å². The molecular weight excluding hydrogens is 322 g/mol. The first-order valence-electron chi connectivity index (χ1n) is 6.66. The maximum absolute atomic E-state index is 11.8. The standard InChI is InChI=1S/C12H17N7O3S/c1-18(23(2,21)22)7-6-13-12(20)15-10-4-3-5-11(8-10)19-9-14-16-17-19/h3-5,8-9H,6-7H2,1-2H3,(H2,13,15,20). The van der Waals surface area contributed by atoms with Crippen molar-refractivity contribution in [3.8, 4) is 5.69 Å². The lowest BCUT2D eigenvalue weighted by Gasteiger charge is -2.14. The fraction of sp³-hybridized carbons (Fsp3) is 0.333. The van der Waals surface area contributed by atoms with Crippen molar-refractivity contribution in [2.45, 2.75) is 0 Å². The van der Waals surface area contributed by atoms with Crippen molar-refractivity contribution in [3.05, 3.63) is 30.6 Å². The Bertz CT molecular complexity index is 761. The van der Waals surface area contributed by atoms with Crippen LogP contribution in [0.2, 0.25) is 0 Å². The first-order chi connectivity index (χ1) is 10.9. The van der Waals surface area contributed by atoms with Crippen molar-refractivity contribution in [2.75, 3.05) is 31.7 Å². The topological polar surface area (TPSA) is 122 Å². The molecule has 0 saturated carbocycles. The molecule has 0 aliphatic heterocycles. The third kappa shape index (κ3) is 5.00. The first kappa shape index (κ1) is 16.8. The molecule has 0 aliphatic carbocycles. The zero-order chi connectivity index (χ0) is 16.9. The van der Waals surface area contributed by atoms with Crippen molar-refractivity contribution in [3.63, 3.8) is 0 Å². The van der Waals surface area contributed by atoms with E-state index in [9.17, 15) is 13.2 Å². The predicted molar refractivity (Wildman–Crippen MR) is 83.6 cm³/mol. The van der Waals surface area contributed by atoms with Gasteiger partial charge in [0.2, 0.25) is 10.0 Å². The van der Waals surface area contributed by atoms with Crippen molar-refractivity contribution in [1.82, 2.24) is 29.8 Å². The van der Waals surface area contributed by atoms with E-state index in [1.807, 2.05) is 0 Å². The number of hydrogen-bond donors (Lipinski definition) is 2. The van der Waals surface area contributed by atoms with Crippen molar-refractivity contribution >= 4 is 21.7 Å². The molecule has 0 atom stereocenters. The smallest absolute Gasteiger partial charge is 0.319 e. The molecule has 11 heteroatoms. The van der Waals surface area contributed by atoms with E-state index in [1.165, 1.54) is 18.1 Å². The second-order valence-electron chi connectivity index (χ2n) is 4.77. The number of benzene rings is 1. The van der Waals surface area contributed by atoms with Crippen LogP contribution in [-0.4, -0.2) is 65.4 Å². The zero-order valence-electron chi connectivity index (χ0n) is 12.7. The van der Waals surface area contributed by atoms with Crippen LogP contribution in [0.3, 0.4) is 0 Å². The summed E-state index contributed by atoms with van der Waals surface area (Å²) in [6.07, 6.45) is 2.55. The number of urea groups is 1. The molecule has 0 saturated heterocycles. The number of sulfonamides is 1. The second kappa shape index (κ2) is 7.15. The number of anilines is 1. The molecule has 1 heterocycles. The number of tetrazole rings is 1. The summed E-state index contributed by atoms with van der Waals surface area (Å²) in [6, 6.07) is 6.54. The normalized spacial score (nSPS) is 11.4. The number of hydrogen-bond acceptors (Lipinski definition) is 6. The van der Waals surface area contributed by atoms with Crippen LogP contribution < -0.4 is 10.6 Å². The minimum atomic E-state index is -3.25. The molecule has 2 rings (SSSR count). The van der Waals surface area contributed by atoms with Gasteiger partial charge in [-0.3, -0.25) is 0 Å². The maximum Gasteiger partial charge on any atom is 0.319 e. The number of amides is 2. The van der Waals surface area contributed by atoms with E-state index in [1.54, 1.807) is 24.3 Å². The SMILES string of the molecule is CN(CCNC(=O)Nc1cccc(-n2cnnn2)c1)S(C)(=O)=O. The highest BCUT2D eigenvalue weighted by Crippen LogP contribution is 2.12. The van der Waals surface area contributed by atoms with Crippen LogP contribution in [0, 0.1) is 0 Å². The molecule has 0 unspecified atom stereocenters. The zero-order valence-corrected chi connectivity index (χ0v) is 13.5. The number of nitrogens with one attached hydrogen (secondary N) is 2.